The third-order valence-electron chi connectivity index (χ3n) is 2.37. The van der Waals surface area contributed by atoms with Crippen LogP contribution in [0.3, 0.4) is 0 Å². The van der Waals surface area contributed by atoms with E-state index in [1.165, 1.54) is 0 Å². The molecule has 1 rings (SSSR count). The van der Waals surface area contributed by atoms with Gasteiger partial charge in [0.1, 0.15) is 0 Å². The van der Waals surface area contributed by atoms with E-state index in [1.54, 1.807) is 11.0 Å². The molecule has 17 heavy (non-hydrogen) atoms. The Labute approximate surface area is 103 Å². The van der Waals surface area contributed by atoms with Crippen LogP contribution in [0.25, 0.3) is 6.08 Å². The van der Waals surface area contributed by atoms with E-state index in [-0.39, 0.29) is 5.91 Å². The normalized spacial score (nSPS) is 10.5. The summed E-state index contributed by atoms with van der Waals surface area (Å²) in [5.41, 5.74) is 2.03. The van der Waals surface area contributed by atoms with Gasteiger partial charge in [-0.3, -0.25) is 4.79 Å². The van der Waals surface area contributed by atoms with Gasteiger partial charge in [0, 0.05) is 19.2 Å². The molecule has 0 N–H and O–H groups in total. The van der Waals surface area contributed by atoms with E-state index in [2.05, 4.69) is 6.58 Å². The maximum Gasteiger partial charge on any atom is 0.246 e. The highest BCUT2D eigenvalue weighted by Gasteiger charge is 2.07. The number of likely N-dealkylation sites (N-methyl/N-ethyl adjacent to an activating group) is 1. The van der Waals surface area contributed by atoms with Crippen LogP contribution in [0.4, 0.5) is 0 Å². The van der Waals surface area contributed by atoms with Gasteiger partial charge in [0.2, 0.25) is 5.91 Å². The predicted molar refractivity (Wildman–Crippen MR) is 72.5 cm³/mol. The maximum atomic E-state index is 11.9. The highest BCUT2D eigenvalue weighted by molar-refractivity contribution is 5.91. The van der Waals surface area contributed by atoms with E-state index in [4.69, 9.17) is 0 Å². The molecule has 0 radical (unpaired) electrons. The van der Waals surface area contributed by atoms with Crippen LogP contribution in [-0.4, -0.2) is 23.9 Å². The van der Waals surface area contributed by atoms with Crippen molar-refractivity contribution in [3.63, 3.8) is 0 Å². The van der Waals surface area contributed by atoms with Gasteiger partial charge in [-0.25, -0.2) is 0 Å². The number of hydrogen-bond acceptors (Lipinski definition) is 1. The predicted octanol–water partition coefficient (Wildman–Crippen LogP) is 3.12. The lowest BCUT2D eigenvalue weighted by Gasteiger charge is -2.18. The van der Waals surface area contributed by atoms with Crippen molar-refractivity contribution in [3.05, 3.63) is 54.1 Å². The Kier molecular flexibility index (Phi) is 5.21. The first-order chi connectivity index (χ1) is 8.13. The van der Waals surface area contributed by atoms with Crippen molar-refractivity contribution in [1.29, 1.82) is 0 Å². The Balaban J connectivity index is 2.64. The second kappa shape index (κ2) is 6.69. The fourth-order valence-electron chi connectivity index (χ4n) is 1.51. The molecular formula is C15H19NO. The standard InChI is InChI=1S/C15H19NO/c1-4-16(12-13(2)3)15(17)11-10-14-8-6-5-7-9-14/h5-11H,2,4,12H2,1,3H3/b11-10+. The van der Waals surface area contributed by atoms with Crippen molar-refractivity contribution >= 4 is 12.0 Å². The van der Waals surface area contributed by atoms with Crippen molar-refractivity contribution in [2.45, 2.75) is 13.8 Å². The van der Waals surface area contributed by atoms with E-state index in [9.17, 15) is 4.79 Å². The van der Waals surface area contributed by atoms with Crippen LogP contribution in [0.15, 0.2) is 48.6 Å². The monoisotopic (exact) mass is 229 g/mol. The molecular weight excluding hydrogens is 210 g/mol. The van der Waals surface area contributed by atoms with Gasteiger partial charge in [-0.05, 0) is 25.5 Å². The fraction of sp³-hybridized carbons (Fsp3) is 0.267. The highest BCUT2D eigenvalue weighted by atomic mass is 16.2. The van der Waals surface area contributed by atoms with E-state index in [1.807, 2.05) is 50.3 Å². The van der Waals surface area contributed by atoms with Gasteiger partial charge in [-0.1, -0.05) is 42.5 Å². The van der Waals surface area contributed by atoms with Gasteiger partial charge in [0.25, 0.3) is 0 Å². The molecule has 0 aliphatic carbocycles. The zero-order chi connectivity index (χ0) is 12.7. The van der Waals surface area contributed by atoms with Gasteiger partial charge in [-0.2, -0.15) is 0 Å². The Morgan fingerprint density at radius 3 is 2.53 bits per heavy atom. The Morgan fingerprint density at radius 2 is 2.00 bits per heavy atom. The zero-order valence-corrected chi connectivity index (χ0v) is 10.5. The average Bonchev–Trinajstić information content (AvgIpc) is 2.34. The van der Waals surface area contributed by atoms with E-state index < -0.39 is 0 Å². The summed E-state index contributed by atoms with van der Waals surface area (Å²) in [7, 11) is 0. The minimum Gasteiger partial charge on any atom is -0.335 e. The van der Waals surface area contributed by atoms with Gasteiger partial charge in [0.05, 0.1) is 0 Å². The average molecular weight is 229 g/mol. The van der Waals surface area contributed by atoms with Crippen LogP contribution in [0, 0.1) is 0 Å². The topological polar surface area (TPSA) is 20.3 Å². The molecule has 2 nitrogen and oxygen atoms in total. The molecule has 0 aliphatic rings. The minimum atomic E-state index is 0.0272. The van der Waals surface area contributed by atoms with Crippen LogP contribution in [-0.2, 0) is 4.79 Å². The van der Waals surface area contributed by atoms with Crippen molar-refractivity contribution in [2.75, 3.05) is 13.1 Å². The largest absolute Gasteiger partial charge is 0.335 e. The van der Waals surface area contributed by atoms with Crippen molar-refractivity contribution in [2.24, 2.45) is 0 Å². The highest BCUT2D eigenvalue weighted by Crippen LogP contribution is 2.03. The quantitative estimate of drug-likeness (QED) is 0.561. The number of benzene rings is 1. The third kappa shape index (κ3) is 4.68. The minimum absolute atomic E-state index is 0.0272. The molecule has 0 saturated carbocycles. The molecule has 0 saturated heterocycles. The Bertz CT molecular complexity index is 406. The van der Waals surface area contributed by atoms with E-state index in [0.717, 1.165) is 11.1 Å². The van der Waals surface area contributed by atoms with Crippen LogP contribution in [0.1, 0.15) is 19.4 Å². The molecule has 2 heteroatoms. The van der Waals surface area contributed by atoms with Crippen LogP contribution in [0.2, 0.25) is 0 Å². The summed E-state index contributed by atoms with van der Waals surface area (Å²) in [6.45, 7) is 9.04. The molecule has 0 unspecified atom stereocenters. The lowest BCUT2D eigenvalue weighted by Crippen LogP contribution is -2.30. The van der Waals surface area contributed by atoms with Gasteiger partial charge < -0.3 is 4.90 Å². The summed E-state index contributed by atoms with van der Waals surface area (Å²) < 4.78 is 0. The van der Waals surface area contributed by atoms with Gasteiger partial charge in [-0.15, -0.1) is 0 Å². The maximum absolute atomic E-state index is 11.9. The van der Waals surface area contributed by atoms with Crippen molar-refractivity contribution in [3.8, 4) is 0 Å². The molecule has 0 heterocycles. The lowest BCUT2D eigenvalue weighted by atomic mass is 10.2. The van der Waals surface area contributed by atoms with Gasteiger partial charge >= 0.3 is 0 Å². The van der Waals surface area contributed by atoms with E-state index in [0.29, 0.717) is 13.1 Å². The van der Waals surface area contributed by atoms with E-state index >= 15 is 0 Å². The summed E-state index contributed by atoms with van der Waals surface area (Å²) in [4.78, 5) is 13.6. The summed E-state index contributed by atoms with van der Waals surface area (Å²) in [6, 6.07) is 9.81. The Hall–Kier alpha value is -1.83. The number of amides is 1. The first kappa shape index (κ1) is 13.2. The molecule has 0 spiro atoms. The number of hydrogen-bond donors (Lipinski definition) is 0. The van der Waals surface area contributed by atoms with Gasteiger partial charge in [0.15, 0.2) is 0 Å². The number of carbonyl (C=O) groups is 1. The van der Waals surface area contributed by atoms with Crippen LogP contribution in [0.5, 0.6) is 0 Å². The first-order valence-corrected chi connectivity index (χ1v) is 5.80. The molecule has 1 amide bonds. The SMILES string of the molecule is C=C(C)CN(CC)C(=O)/C=C/c1ccccc1. The van der Waals surface area contributed by atoms with Crippen molar-refractivity contribution in [1.82, 2.24) is 4.90 Å². The summed E-state index contributed by atoms with van der Waals surface area (Å²) in [6.07, 6.45) is 3.45. The molecule has 1 aromatic carbocycles. The zero-order valence-electron chi connectivity index (χ0n) is 10.5. The summed E-state index contributed by atoms with van der Waals surface area (Å²) >= 11 is 0. The number of carbonyl (C=O) groups excluding carboxylic acids is 1. The number of rotatable bonds is 5. The third-order valence-corrected chi connectivity index (χ3v) is 2.37. The fourth-order valence-corrected chi connectivity index (χ4v) is 1.51. The summed E-state index contributed by atoms with van der Waals surface area (Å²) in [5.74, 6) is 0.0272. The molecule has 0 bridgehead atoms. The van der Waals surface area contributed by atoms with Crippen LogP contribution >= 0.6 is 0 Å². The number of nitrogens with zero attached hydrogens (tertiary/aromatic N) is 1. The second-order valence-electron chi connectivity index (χ2n) is 4.05. The van der Waals surface area contributed by atoms with Crippen molar-refractivity contribution < 1.29 is 4.79 Å². The second-order valence-corrected chi connectivity index (χ2v) is 4.05. The Morgan fingerprint density at radius 1 is 1.35 bits per heavy atom. The molecule has 0 aliphatic heterocycles. The molecule has 0 aromatic heterocycles. The first-order valence-electron chi connectivity index (χ1n) is 5.80. The molecule has 0 atom stereocenters. The van der Waals surface area contributed by atoms with Crippen LogP contribution < -0.4 is 0 Å². The lowest BCUT2D eigenvalue weighted by molar-refractivity contribution is -0.125. The molecule has 90 valence electrons. The summed E-state index contributed by atoms with van der Waals surface area (Å²) in [5, 5.41) is 0. The molecule has 0 fully saturated rings. The molecule has 1 aromatic rings. The smallest absolute Gasteiger partial charge is 0.246 e.